The first-order chi connectivity index (χ1) is 11.1. The van der Waals surface area contributed by atoms with Crippen LogP contribution in [-0.4, -0.2) is 33.8 Å². The molecule has 0 aliphatic heterocycles. The molecular weight excluding hydrogens is 296 g/mol. The van der Waals surface area contributed by atoms with Crippen LogP contribution in [0.1, 0.15) is 20.8 Å². The van der Waals surface area contributed by atoms with Crippen LogP contribution in [0.25, 0.3) is 5.65 Å². The first-order valence-electron chi connectivity index (χ1n) is 6.81. The molecule has 0 fully saturated rings. The number of nitrogens with one attached hydrogen (secondary N) is 2. The number of aldehydes is 1. The molecule has 0 saturated heterocycles. The molecule has 0 aliphatic carbocycles. The SMILES string of the molecule is CNc1cc(Nc2cccc(C=O)c2)nn2c(C(N)=O)cnc12. The van der Waals surface area contributed by atoms with Gasteiger partial charge in [-0.3, -0.25) is 9.59 Å². The standard InChI is InChI=1S/C15H14N6O2/c1-17-11-6-13(19-10-4-2-3-9(5-10)8-22)20-21-12(14(16)23)7-18-15(11)21/h2-8,17H,1H3,(H2,16,23)(H,19,20). The Hall–Kier alpha value is -3.42. The maximum atomic E-state index is 11.5. The number of carbonyl (C=O) groups is 2. The summed E-state index contributed by atoms with van der Waals surface area (Å²) >= 11 is 0. The molecule has 8 nitrogen and oxygen atoms in total. The predicted octanol–water partition coefficient (Wildman–Crippen LogP) is 1.43. The number of hydrogen-bond acceptors (Lipinski definition) is 6. The Bertz CT molecular complexity index is 902. The lowest BCUT2D eigenvalue weighted by Crippen LogP contribution is -2.15. The number of nitrogens with zero attached hydrogens (tertiary/aromatic N) is 3. The summed E-state index contributed by atoms with van der Waals surface area (Å²) in [6.45, 7) is 0. The number of fused-ring (bicyclic) bond motifs is 1. The Morgan fingerprint density at radius 3 is 2.87 bits per heavy atom. The Kier molecular flexibility index (Phi) is 3.63. The van der Waals surface area contributed by atoms with Crippen molar-refractivity contribution in [2.75, 3.05) is 17.7 Å². The van der Waals surface area contributed by atoms with E-state index in [1.807, 2.05) is 0 Å². The third-order valence-electron chi connectivity index (χ3n) is 3.28. The molecule has 0 saturated carbocycles. The molecule has 116 valence electrons. The fourth-order valence-corrected chi connectivity index (χ4v) is 2.22. The minimum Gasteiger partial charge on any atom is -0.385 e. The van der Waals surface area contributed by atoms with Gasteiger partial charge in [0.15, 0.2) is 11.5 Å². The second kappa shape index (κ2) is 5.76. The number of anilines is 3. The number of rotatable bonds is 5. The zero-order valence-electron chi connectivity index (χ0n) is 12.3. The van der Waals surface area contributed by atoms with E-state index >= 15 is 0 Å². The molecular formula is C15H14N6O2. The van der Waals surface area contributed by atoms with Crippen LogP contribution < -0.4 is 16.4 Å². The van der Waals surface area contributed by atoms with Gasteiger partial charge in [-0.2, -0.15) is 0 Å². The summed E-state index contributed by atoms with van der Waals surface area (Å²) < 4.78 is 1.38. The van der Waals surface area contributed by atoms with Crippen LogP contribution >= 0.6 is 0 Å². The molecule has 0 spiro atoms. The molecule has 3 rings (SSSR count). The molecule has 1 aromatic carbocycles. The molecule has 8 heteroatoms. The van der Waals surface area contributed by atoms with Gasteiger partial charge in [-0.25, -0.2) is 9.50 Å². The zero-order chi connectivity index (χ0) is 16.4. The first-order valence-corrected chi connectivity index (χ1v) is 6.81. The topological polar surface area (TPSA) is 114 Å². The average molecular weight is 310 g/mol. The summed E-state index contributed by atoms with van der Waals surface area (Å²) in [5.74, 6) is -0.141. The van der Waals surface area contributed by atoms with E-state index < -0.39 is 5.91 Å². The van der Waals surface area contributed by atoms with Crippen molar-refractivity contribution < 1.29 is 9.59 Å². The van der Waals surface area contributed by atoms with Crippen molar-refractivity contribution in [1.29, 1.82) is 0 Å². The van der Waals surface area contributed by atoms with E-state index in [1.54, 1.807) is 37.4 Å². The minimum absolute atomic E-state index is 0.182. The highest BCUT2D eigenvalue weighted by atomic mass is 16.1. The lowest BCUT2D eigenvalue weighted by Gasteiger charge is -2.10. The van der Waals surface area contributed by atoms with Crippen LogP contribution in [0.5, 0.6) is 0 Å². The average Bonchev–Trinajstić information content (AvgIpc) is 2.98. The normalized spacial score (nSPS) is 10.5. The van der Waals surface area contributed by atoms with Crippen molar-refractivity contribution in [2.24, 2.45) is 5.73 Å². The van der Waals surface area contributed by atoms with Gasteiger partial charge >= 0.3 is 0 Å². The molecule has 1 amide bonds. The Morgan fingerprint density at radius 2 is 2.17 bits per heavy atom. The van der Waals surface area contributed by atoms with Crippen molar-refractivity contribution in [2.45, 2.75) is 0 Å². The second-order valence-electron chi connectivity index (χ2n) is 4.80. The number of imidazole rings is 1. The highest BCUT2D eigenvalue weighted by Gasteiger charge is 2.14. The predicted molar refractivity (Wildman–Crippen MR) is 86.2 cm³/mol. The highest BCUT2D eigenvalue weighted by Crippen LogP contribution is 2.22. The van der Waals surface area contributed by atoms with Crippen LogP contribution in [0.2, 0.25) is 0 Å². The van der Waals surface area contributed by atoms with E-state index in [1.165, 1.54) is 10.7 Å². The van der Waals surface area contributed by atoms with Crippen molar-refractivity contribution in [3.63, 3.8) is 0 Å². The van der Waals surface area contributed by atoms with Crippen LogP contribution in [0.4, 0.5) is 17.2 Å². The van der Waals surface area contributed by atoms with Crippen LogP contribution in [0.15, 0.2) is 36.5 Å². The van der Waals surface area contributed by atoms with Gasteiger partial charge in [0, 0.05) is 24.4 Å². The van der Waals surface area contributed by atoms with E-state index in [4.69, 9.17) is 5.73 Å². The highest BCUT2D eigenvalue weighted by molar-refractivity contribution is 5.92. The van der Waals surface area contributed by atoms with E-state index in [2.05, 4.69) is 20.7 Å². The monoisotopic (exact) mass is 310 g/mol. The summed E-state index contributed by atoms with van der Waals surface area (Å²) in [7, 11) is 1.74. The van der Waals surface area contributed by atoms with Crippen LogP contribution in [0.3, 0.4) is 0 Å². The quantitative estimate of drug-likeness (QED) is 0.614. The third kappa shape index (κ3) is 2.69. The number of nitrogens with two attached hydrogens (primary N) is 1. The molecule has 2 aromatic heterocycles. The van der Waals surface area contributed by atoms with E-state index in [0.29, 0.717) is 28.4 Å². The van der Waals surface area contributed by atoms with Crippen molar-refractivity contribution >= 4 is 35.0 Å². The minimum atomic E-state index is -0.618. The molecule has 0 aliphatic rings. The number of hydrogen-bond donors (Lipinski definition) is 3. The maximum absolute atomic E-state index is 11.5. The molecule has 0 atom stereocenters. The van der Waals surface area contributed by atoms with Gasteiger partial charge in [0.1, 0.15) is 12.0 Å². The number of aromatic nitrogens is 3. The number of benzene rings is 1. The third-order valence-corrected chi connectivity index (χ3v) is 3.28. The Morgan fingerprint density at radius 1 is 1.35 bits per heavy atom. The van der Waals surface area contributed by atoms with Gasteiger partial charge in [0.25, 0.3) is 5.91 Å². The van der Waals surface area contributed by atoms with Crippen LogP contribution in [-0.2, 0) is 0 Å². The number of primary amides is 1. The molecule has 0 bridgehead atoms. The summed E-state index contributed by atoms with van der Waals surface area (Å²) in [5, 5.41) is 10.4. The van der Waals surface area contributed by atoms with Gasteiger partial charge in [-0.15, -0.1) is 5.10 Å². The smallest absolute Gasteiger partial charge is 0.269 e. The number of amides is 1. The molecule has 0 radical (unpaired) electrons. The fraction of sp³-hybridized carbons (Fsp3) is 0.0667. The van der Waals surface area contributed by atoms with E-state index in [0.717, 1.165) is 6.29 Å². The zero-order valence-corrected chi connectivity index (χ0v) is 12.3. The lowest BCUT2D eigenvalue weighted by molar-refractivity contribution is 0.0993. The van der Waals surface area contributed by atoms with Crippen LogP contribution in [0, 0.1) is 0 Å². The van der Waals surface area contributed by atoms with E-state index in [9.17, 15) is 9.59 Å². The van der Waals surface area contributed by atoms with Gasteiger partial charge in [-0.1, -0.05) is 12.1 Å². The molecule has 3 aromatic rings. The maximum Gasteiger partial charge on any atom is 0.269 e. The van der Waals surface area contributed by atoms with Crippen molar-refractivity contribution in [1.82, 2.24) is 14.6 Å². The largest absolute Gasteiger partial charge is 0.385 e. The molecule has 23 heavy (non-hydrogen) atoms. The Labute approximate surface area is 131 Å². The van der Waals surface area contributed by atoms with Crippen molar-refractivity contribution in [3.05, 3.63) is 47.8 Å². The molecule has 4 N–H and O–H groups in total. The lowest BCUT2D eigenvalue weighted by atomic mass is 10.2. The van der Waals surface area contributed by atoms with Crippen molar-refractivity contribution in [3.8, 4) is 0 Å². The molecule has 2 heterocycles. The van der Waals surface area contributed by atoms with Gasteiger partial charge in [0.05, 0.1) is 11.9 Å². The summed E-state index contributed by atoms with van der Waals surface area (Å²) in [6.07, 6.45) is 2.14. The Balaban J connectivity index is 2.08. The van der Waals surface area contributed by atoms with Gasteiger partial charge < -0.3 is 16.4 Å². The molecule has 0 unspecified atom stereocenters. The summed E-state index contributed by atoms with van der Waals surface area (Å²) in [6, 6.07) is 8.72. The van der Waals surface area contributed by atoms with Gasteiger partial charge in [0.2, 0.25) is 0 Å². The second-order valence-corrected chi connectivity index (χ2v) is 4.80. The van der Waals surface area contributed by atoms with Gasteiger partial charge in [-0.05, 0) is 12.1 Å². The summed E-state index contributed by atoms with van der Waals surface area (Å²) in [5.41, 5.74) is 7.94. The first kappa shape index (κ1) is 14.5. The summed E-state index contributed by atoms with van der Waals surface area (Å²) in [4.78, 5) is 26.5. The fourth-order valence-electron chi connectivity index (χ4n) is 2.22. The van der Waals surface area contributed by atoms with E-state index in [-0.39, 0.29) is 5.69 Å². The number of carbonyl (C=O) groups excluding carboxylic acids is 2.